The van der Waals surface area contributed by atoms with E-state index in [2.05, 4.69) is 10.4 Å². The Labute approximate surface area is 82.7 Å². The van der Waals surface area contributed by atoms with Gasteiger partial charge in [-0.2, -0.15) is 5.10 Å². The SMILES string of the molecule is Cc1nn(C)c2c1CNC(CO)CO2. The molecule has 78 valence electrons. The molecule has 0 amide bonds. The van der Waals surface area contributed by atoms with Gasteiger partial charge in [0, 0.05) is 13.6 Å². The maximum Gasteiger partial charge on any atom is 0.216 e. The van der Waals surface area contributed by atoms with Crippen molar-refractivity contribution in [1.82, 2.24) is 15.1 Å². The standard InChI is InChI=1S/C9H15N3O2/c1-6-8-3-10-7(4-13)5-14-9(8)12(2)11-6/h7,10,13H,3-5H2,1-2H3. The van der Waals surface area contributed by atoms with Crippen molar-refractivity contribution < 1.29 is 9.84 Å². The smallest absolute Gasteiger partial charge is 0.216 e. The summed E-state index contributed by atoms with van der Waals surface area (Å²) in [6, 6.07) is 0.0156. The van der Waals surface area contributed by atoms with Crippen LogP contribution in [0.3, 0.4) is 0 Å². The average Bonchev–Trinajstić information content (AvgIpc) is 2.40. The van der Waals surface area contributed by atoms with E-state index in [0.717, 1.165) is 17.1 Å². The van der Waals surface area contributed by atoms with E-state index in [-0.39, 0.29) is 12.6 Å². The second kappa shape index (κ2) is 3.59. The minimum absolute atomic E-state index is 0.0156. The van der Waals surface area contributed by atoms with Crippen LogP contribution in [0.2, 0.25) is 0 Å². The summed E-state index contributed by atoms with van der Waals surface area (Å²) in [7, 11) is 1.87. The van der Waals surface area contributed by atoms with Crippen molar-refractivity contribution >= 4 is 0 Å². The van der Waals surface area contributed by atoms with Crippen molar-refractivity contribution in [2.75, 3.05) is 13.2 Å². The largest absolute Gasteiger partial charge is 0.476 e. The highest BCUT2D eigenvalue weighted by molar-refractivity contribution is 5.31. The van der Waals surface area contributed by atoms with Gasteiger partial charge in [0.2, 0.25) is 5.88 Å². The molecule has 0 bridgehead atoms. The van der Waals surface area contributed by atoms with Crippen LogP contribution in [0.15, 0.2) is 0 Å². The van der Waals surface area contributed by atoms with E-state index < -0.39 is 0 Å². The molecule has 1 aliphatic heterocycles. The monoisotopic (exact) mass is 197 g/mol. The molecule has 5 nitrogen and oxygen atoms in total. The molecule has 0 aliphatic carbocycles. The zero-order valence-electron chi connectivity index (χ0n) is 8.45. The number of rotatable bonds is 1. The Morgan fingerprint density at radius 2 is 2.50 bits per heavy atom. The molecule has 0 fully saturated rings. The van der Waals surface area contributed by atoms with Crippen LogP contribution in [-0.2, 0) is 13.6 Å². The minimum Gasteiger partial charge on any atom is -0.476 e. The lowest BCUT2D eigenvalue weighted by Crippen LogP contribution is -2.35. The predicted octanol–water partition coefficient (Wildman–Crippen LogP) is -0.429. The Kier molecular flexibility index (Phi) is 2.43. The number of fused-ring (bicyclic) bond motifs is 1. The summed E-state index contributed by atoms with van der Waals surface area (Å²) in [6.45, 7) is 3.26. The zero-order chi connectivity index (χ0) is 10.1. The topological polar surface area (TPSA) is 59.3 Å². The molecule has 2 rings (SSSR count). The molecule has 1 aliphatic rings. The average molecular weight is 197 g/mol. The summed E-state index contributed by atoms with van der Waals surface area (Å²) in [5.74, 6) is 0.811. The van der Waals surface area contributed by atoms with Crippen LogP contribution >= 0.6 is 0 Å². The number of hydrogen-bond donors (Lipinski definition) is 2. The third-order valence-corrected chi connectivity index (χ3v) is 2.50. The molecule has 2 N–H and O–H groups in total. The van der Waals surface area contributed by atoms with E-state index in [9.17, 15) is 0 Å². The Morgan fingerprint density at radius 1 is 1.71 bits per heavy atom. The van der Waals surface area contributed by atoms with Crippen molar-refractivity contribution in [1.29, 1.82) is 0 Å². The molecule has 0 saturated carbocycles. The Balaban J connectivity index is 2.26. The fraction of sp³-hybridized carbons (Fsp3) is 0.667. The highest BCUT2D eigenvalue weighted by Crippen LogP contribution is 2.23. The van der Waals surface area contributed by atoms with Gasteiger partial charge in [-0.15, -0.1) is 0 Å². The maximum absolute atomic E-state index is 9.01. The van der Waals surface area contributed by atoms with Crippen LogP contribution in [-0.4, -0.2) is 34.1 Å². The van der Waals surface area contributed by atoms with Gasteiger partial charge in [-0.25, -0.2) is 4.68 Å². The van der Waals surface area contributed by atoms with E-state index in [1.807, 2.05) is 14.0 Å². The first-order chi connectivity index (χ1) is 6.72. The fourth-order valence-electron chi connectivity index (χ4n) is 1.67. The summed E-state index contributed by atoms with van der Waals surface area (Å²) in [6.07, 6.45) is 0. The fourth-order valence-corrected chi connectivity index (χ4v) is 1.67. The first-order valence-electron chi connectivity index (χ1n) is 4.72. The molecular weight excluding hydrogens is 182 g/mol. The molecule has 0 spiro atoms. The third-order valence-electron chi connectivity index (χ3n) is 2.50. The van der Waals surface area contributed by atoms with Crippen molar-refractivity contribution in [3.63, 3.8) is 0 Å². The Morgan fingerprint density at radius 3 is 3.21 bits per heavy atom. The molecule has 5 heteroatoms. The second-order valence-corrected chi connectivity index (χ2v) is 3.56. The van der Waals surface area contributed by atoms with Gasteiger partial charge in [0.15, 0.2) is 0 Å². The molecule has 1 aromatic rings. The predicted molar refractivity (Wildman–Crippen MR) is 51.2 cm³/mol. The van der Waals surface area contributed by atoms with Gasteiger partial charge >= 0.3 is 0 Å². The normalized spacial score (nSPS) is 21.2. The van der Waals surface area contributed by atoms with Gasteiger partial charge in [0.1, 0.15) is 6.61 Å². The number of nitrogens with one attached hydrogen (secondary N) is 1. The van der Waals surface area contributed by atoms with Gasteiger partial charge < -0.3 is 15.2 Å². The first-order valence-corrected chi connectivity index (χ1v) is 4.72. The van der Waals surface area contributed by atoms with Gasteiger partial charge in [-0.3, -0.25) is 0 Å². The molecule has 1 unspecified atom stereocenters. The van der Waals surface area contributed by atoms with Crippen LogP contribution in [0, 0.1) is 6.92 Å². The van der Waals surface area contributed by atoms with Crippen molar-refractivity contribution in [3.05, 3.63) is 11.3 Å². The van der Waals surface area contributed by atoms with Crippen LogP contribution in [0.4, 0.5) is 0 Å². The van der Waals surface area contributed by atoms with Gasteiger partial charge in [0.25, 0.3) is 0 Å². The van der Waals surface area contributed by atoms with E-state index >= 15 is 0 Å². The van der Waals surface area contributed by atoms with Crippen LogP contribution in [0.25, 0.3) is 0 Å². The highest BCUT2D eigenvalue weighted by Gasteiger charge is 2.21. The number of aryl methyl sites for hydroxylation is 2. The molecule has 0 aromatic carbocycles. The van der Waals surface area contributed by atoms with E-state index in [1.165, 1.54) is 0 Å². The lowest BCUT2D eigenvalue weighted by molar-refractivity contribution is 0.184. The number of ether oxygens (including phenoxy) is 1. The lowest BCUT2D eigenvalue weighted by atomic mass is 10.2. The quantitative estimate of drug-likeness (QED) is 0.641. The molecular formula is C9H15N3O2. The maximum atomic E-state index is 9.01. The summed E-state index contributed by atoms with van der Waals surface area (Å²) >= 11 is 0. The van der Waals surface area contributed by atoms with Gasteiger partial charge in [0.05, 0.1) is 23.9 Å². The molecule has 1 atom stereocenters. The van der Waals surface area contributed by atoms with Gasteiger partial charge in [-0.1, -0.05) is 0 Å². The second-order valence-electron chi connectivity index (χ2n) is 3.56. The Bertz CT molecular complexity index is 307. The number of hydrogen-bond acceptors (Lipinski definition) is 4. The van der Waals surface area contributed by atoms with E-state index in [1.54, 1.807) is 4.68 Å². The minimum atomic E-state index is 0.0156. The zero-order valence-corrected chi connectivity index (χ0v) is 8.45. The molecule has 2 heterocycles. The number of aliphatic hydroxyl groups is 1. The van der Waals surface area contributed by atoms with Crippen molar-refractivity contribution in [2.45, 2.75) is 19.5 Å². The highest BCUT2D eigenvalue weighted by atomic mass is 16.5. The van der Waals surface area contributed by atoms with E-state index in [4.69, 9.17) is 9.84 Å². The van der Waals surface area contributed by atoms with Gasteiger partial charge in [-0.05, 0) is 6.92 Å². The number of aromatic nitrogens is 2. The molecule has 14 heavy (non-hydrogen) atoms. The van der Waals surface area contributed by atoms with E-state index in [0.29, 0.717) is 13.2 Å². The summed E-state index contributed by atoms with van der Waals surface area (Å²) in [5, 5.41) is 16.5. The summed E-state index contributed by atoms with van der Waals surface area (Å²) < 4.78 is 7.32. The summed E-state index contributed by atoms with van der Waals surface area (Å²) in [4.78, 5) is 0. The summed E-state index contributed by atoms with van der Waals surface area (Å²) in [5.41, 5.74) is 2.07. The Hall–Kier alpha value is -1.07. The van der Waals surface area contributed by atoms with Crippen LogP contribution in [0.1, 0.15) is 11.3 Å². The molecule has 0 saturated heterocycles. The van der Waals surface area contributed by atoms with Crippen molar-refractivity contribution in [3.8, 4) is 5.88 Å². The number of aliphatic hydroxyl groups excluding tert-OH is 1. The molecule has 0 radical (unpaired) electrons. The number of nitrogens with zero attached hydrogens (tertiary/aromatic N) is 2. The molecule has 1 aromatic heterocycles. The van der Waals surface area contributed by atoms with Crippen LogP contribution < -0.4 is 10.1 Å². The third kappa shape index (κ3) is 1.49. The first kappa shape index (κ1) is 9.48. The lowest BCUT2D eigenvalue weighted by Gasteiger charge is -2.11. The van der Waals surface area contributed by atoms with Crippen molar-refractivity contribution in [2.24, 2.45) is 7.05 Å². The van der Waals surface area contributed by atoms with Crippen LogP contribution in [0.5, 0.6) is 5.88 Å².